The van der Waals surface area contributed by atoms with Crippen molar-refractivity contribution < 1.29 is 5.11 Å². The number of hydrogen-bond acceptors (Lipinski definition) is 1. The minimum atomic E-state index is 0.182. The van der Waals surface area contributed by atoms with Crippen LogP contribution in [0.2, 0.25) is 5.02 Å². The quantitative estimate of drug-likeness (QED) is 0.582. The van der Waals surface area contributed by atoms with E-state index in [0.29, 0.717) is 10.9 Å². The first-order chi connectivity index (χ1) is 8.69. The summed E-state index contributed by atoms with van der Waals surface area (Å²) in [5.74, 6) is 0.770. The number of phenolic OH excluding ortho intramolecular Hbond substituents is 1. The van der Waals surface area contributed by atoms with Gasteiger partial charge in [-0.2, -0.15) is 0 Å². The maximum Gasteiger partial charge on any atom is 0.134 e. The lowest BCUT2D eigenvalue weighted by atomic mass is 9.89. The van der Waals surface area contributed by atoms with Crippen LogP contribution in [-0.2, 0) is 0 Å². The van der Waals surface area contributed by atoms with Gasteiger partial charge >= 0.3 is 0 Å². The standard InChI is InChI=1S/C16H25ClO/c1-3-5-6-7-9-13(8-4-2)14-10-11-16(18)15(17)12-14/h10-13,18H,3-9H2,1-2H3. The summed E-state index contributed by atoms with van der Waals surface area (Å²) in [7, 11) is 0. The maximum absolute atomic E-state index is 9.47. The number of phenols is 1. The Bertz CT molecular complexity index is 349. The molecular weight excluding hydrogens is 244 g/mol. The Labute approximate surface area is 116 Å². The zero-order chi connectivity index (χ0) is 13.4. The van der Waals surface area contributed by atoms with E-state index in [1.807, 2.05) is 12.1 Å². The highest BCUT2D eigenvalue weighted by Crippen LogP contribution is 2.32. The summed E-state index contributed by atoms with van der Waals surface area (Å²) < 4.78 is 0. The van der Waals surface area contributed by atoms with Crippen molar-refractivity contribution in [3.63, 3.8) is 0 Å². The molecule has 0 radical (unpaired) electrons. The van der Waals surface area contributed by atoms with Gasteiger partial charge in [-0.15, -0.1) is 0 Å². The number of unbranched alkanes of at least 4 members (excludes halogenated alkanes) is 3. The Kier molecular flexibility index (Phi) is 7.19. The second kappa shape index (κ2) is 8.42. The van der Waals surface area contributed by atoms with Crippen LogP contribution in [0.15, 0.2) is 18.2 Å². The highest BCUT2D eigenvalue weighted by molar-refractivity contribution is 6.32. The van der Waals surface area contributed by atoms with E-state index in [4.69, 9.17) is 11.6 Å². The summed E-state index contributed by atoms with van der Waals surface area (Å²) in [5, 5.41) is 9.94. The molecular formula is C16H25ClO. The third kappa shape index (κ3) is 4.89. The maximum atomic E-state index is 9.47. The normalized spacial score (nSPS) is 12.6. The predicted octanol–water partition coefficient (Wildman–Crippen LogP) is 5.90. The van der Waals surface area contributed by atoms with Crippen LogP contribution in [0.1, 0.15) is 70.3 Å². The minimum absolute atomic E-state index is 0.182. The number of halogens is 1. The molecule has 1 nitrogen and oxygen atoms in total. The van der Waals surface area contributed by atoms with Crippen LogP contribution in [0.25, 0.3) is 0 Å². The Morgan fingerprint density at radius 2 is 1.83 bits per heavy atom. The second-order valence-electron chi connectivity index (χ2n) is 5.05. The molecule has 1 rings (SSSR count). The molecule has 0 saturated carbocycles. The molecule has 1 aromatic carbocycles. The third-order valence-corrected chi connectivity index (χ3v) is 3.79. The van der Waals surface area contributed by atoms with Gasteiger partial charge in [0.1, 0.15) is 5.75 Å². The van der Waals surface area contributed by atoms with E-state index in [2.05, 4.69) is 13.8 Å². The van der Waals surface area contributed by atoms with Crippen LogP contribution in [0.3, 0.4) is 0 Å². The molecule has 0 bridgehead atoms. The molecule has 102 valence electrons. The summed E-state index contributed by atoms with van der Waals surface area (Å²) in [5.41, 5.74) is 1.27. The van der Waals surface area contributed by atoms with E-state index in [1.54, 1.807) is 6.07 Å². The average molecular weight is 269 g/mol. The van der Waals surface area contributed by atoms with Gasteiger partial charge < -0.3 is 5.11 Å². The molecule has 1 atom stereocenters. The molecule has 0 aliphatic carbocycles. The molecule has 1 N–H and O–H groups in total. The van der Waals surface area contributed by atoms with Crippen molar-refractivity contribution in [3.05, 3.63) is 28.8 Å². The summed E-state index contributed by atoms with van der Waals surface area (Å²) >= 11 is 5.99. The SMILES string of the molecule is CCCCCCC(CCC)c1ccc(O)c(Cl)c1. The first-order valence-electron chi connectivity index (χ1n) is 7.17. The first-order valence-corrected chi connectivity index (χ1v) is 7.55. The first kappa shape index (κ1) is 15.4. The van der Waals surface area contributed by atoms with E-state index >= 15 is 0 Å². The van der Waals surface area contributed by atoms with Crippen LogP contribution < -0.4 is 0 Å². The van der Waals surface area contributed by atoms with Crippen molar-refractivity contribution >= 4 is 11.6 Å². The highest BCUT2D eigenvalue weighted by atomic mass is 35.5. The fourth-order valence-corrected chi connectivity index (χ4v) is 2.61. The topological polar surface area (TPSA) is 20.2 Å². The molecule has 1 unspecified atom stereocenters. The van der Waals surface area contributed by atoms with Gasteiger partial charge in [0.25, 0.3) is 0 Å². The monoisotopic (exact) mass is 268 g/mol. The van der Waals surface area contributed by atoms with Crippen molar-refractivity contribution in [1.82, 2.24) is 0 Å². The van der Waals surface area contributed by atoms with E-state index in [-0.39, 0.29) is 5.75 Å². The van der Waals surface area contributed by atoms with Crippen molar-refractivity contribution in [1.29, 1.82) is 0 Å². The zero-order valence-electron chi connectivity index (χ0n) is 11.6. The highest BCUT2D eigenvalue weighted by Gasteiger charge is 2.12. The number of hydrogen-bond donors (Lipinski definition) is 1. The molecule has 2 heteroatoms. The van der Waals surface area contributed by atoms with Crippen LogP contribution >= 0.6 is 11.6 Å². The van der Waals surface area contributed by atoms with Crippen LogP contribution in [-0.4, -0.2) is 5.11 Å². The van der Waals surface area contributed by atoms with Crippen molar-refractivity contribution in [2.75, 3.05) is 0 Å². The van der Waals surface area contributed by atoms with Gasteiger partial charge in [-0.25, -0.2) is 0 Å². The number of aromatic hydroxyl groups is 1. The van der Waals surface area contributed by atoms with Gasteiger partial charge in [0.15, 0.2) is 0 Å². The molecule has 0 aliphatic rings. The largest absolute Gasteiger partial charge is 0.506 e. The predicted molar refractivity (Wildman–Crippen MR) is 79.5 cm³/mol. The van der Waals surface area contributed by atoms with Gasteiger partial charge in [0, 0.05) is 0 Å². The van der Waals surface area contributed by atoms with Gasteiger partial charge in [0.05, 0.1) is 5.02 Å². The Hall–Kier alpha value is -0.690. The molecule has 18 heavy (non-hydrogen) atoms. The second-order valence-corrected chi connectivity index (χ2v) is 5.45. The van der Waals surface area contributed by atoms with Gasteiger partial charge in [-0.05, 0) is 36.5 Å². The van der Waals surface area contributed by atoms with E-state index in [1.165, 1.54) is 50.5 Å². The third-order valence-electron chi connectivity index (χ3n) is 3.49. The summed E-state index contributed by atoms with van der Waals surface area (Å²) in [6, 6.07) is 5.66. The van der Waals surface area contributed by atoms with Crippen molar-refractivity contribution in [2.24, 2.45) is 0 Å². The number of rotatable bonds is 8. The molecule has 0 saturated heterocycles. The van der Waals surface area contributed by atoms with E-state index in [0.717, 1.165) is 0 Å². The lowest BCUT2D eigenvalue weighted by Gasteiger charge is -2.17. The summed E-state index contributed by atoms with van der Waals surface area (Å²) in [4.78, 5) is 0. The van der Waals surface area contributed by atoms with Gasteiger partial charge in [0.2, 0.25) is 0 Å². The number of benzene rings is 1. The molecule has 0 aliphatic heterocycles. The molecule has 0 fully saturated rings. The Morgan fingerprint density at radius 1 is 1.06 bits per heavy atom. The zero-order valence-corrected chi connectivity index (χ0v) is 12.3. The van der Waals surface area contributed by atoms with Crippen molar-refractivity contribution in [2.45, 2.75) is 64.7 Å². The Balaban J connectivity index is 2.61. The van der Waals surface area contributed by atoms with Gasteiger partial charge in [-0.1, -0.05) is 63.6 Å². The smallest absolute Gasteiger partial charge is 0.134 e. The minimum Gasteiger partial charge on any atom is -0.506 e. The van der Waals surface area contributed by atoms with Crippen LogP contribution in [0, 0.1) is 0 Å². The molecule has 0 aromatic heterocycles. The molecule has 0 amide bonds. The molecule has 0 heterocycles. The fourth-order valence-electron chi connectivity index (χ4n) is 2.42. The van der Waals surface area contributed by atoms with Crippen LogP contribution in [0.5, 0.6) is 5.75 Å². The molecule has 1 aromatic rings. The summed E-state index contributed by atoms with van der Waals surface area (Å²) in [6.07, 6.45) is 8.84. The van der Waals surface area contributed by atoms with Gasteiger partial charge in [-0.3, -0.25) is 0 Å². The molecule has 0 spiro atoms. The fraction of sp³-hybridized carbons (Fsp3) is 0.625. The van der Waals surface area contributed by atoms with E-state index < -0.39 is 0 Å². The summed E-state index contributed by atoms with van der Waals surface area (Å²) in [6.45, 7) is 4.46. The van der Waals surface area contributed by atoms with E-state index in [9.17, 15) is 5.11 Å². The Morgan fingerprint density at radius 3 is 2.44 bits per heavy atom. The average Bonchev–Trinajstić information content (AvgIpc) is 2.37. The van der Waals surface area contributed by atoms with Crippen LogP contribution in [0.4, 0.5) is 0 Å². The lowest BCUT2D eigenvalue weighted by Crippen LogP contribution is -1.99. The van der Waals surface area contributed by atoms with Crippen molar-refractivity contribution in [3.8, 4) is 5.75 Å². The lowest BCUT2D eigenvalue weighted by molar-refractivity contribution is 0.474.